The van der Waals surface area contributed by atoms with E-state index in [4.69, 9.17) is 5.11 Å². The van der Waals surface area contributed by atoms with Gasteiger partial charge in [-0.05, 0) is 30.5 Å². The average molecular weight is 265 g/mol. The zero-order chi connectivity index (χ0) is 14.2. The standard InChI is InChI=1S/C14H19NO4/c1-8-6-15(7-13(8)14(18)19)9(2)10-3-11(16)5-12(17)4-10/h3-5,8-9,13,16-17H,6-7H2,1-2H3,(H,18,19). The second-order valence-electron chi connectivity index (χ2n) is 5.33. The number of nitrogens with zero attached hydrogens (tertiary/aromatic N) is 1. The highest BCUT2D eigenvalue weighted by Gasteiger charge is 2.36. The Morgan fingerprint density at radius 3 is 2.32 bits per heavy atom. The van der Waals surface area contributed by atoms with Gasteiger partial charge in [0.05, 0.1) is 5.92 Å². The minimum Gasteiger partial charge on any atom is -0.508 e. The van der Waals surface area contributed by atoms with Crippen LogP contribution in [0.4, 0.5) is 0 Å². The summed E-state index contributed by atoms with van der Waals surface area (Å²) >= 11 is 0. The van der Waals surface area contributed by atoms with Gasteiger partial charge in [-0.3, -0.25) is 9.69 Å². The van der Waals surface area contributed by atoms with Crippen molar-refractivity contribution in [1.82, 2.24) is 4.90 Å². The zero-order valence-electron chi connectivity index (χ0n) is 11.1. The van der Waals surface area contributed by atoms with E-state index in [0.29, 0.717) is 13.1 Å². The van der Waals surface area contributed by atoms with Crippen molar-refractivity contribution < 1.29 is 20.1 Å². The largest absolute Gasteiger partial charge is 0.508 e. The number of likely N-dealkylation sites (tertiary alicyclic amines) is 1. The van der Waals surface area contributed by atoms with Gasteiger partial charge in [-0.1, -0.05) is 6.92 Å². The first-order chi connectivity index (χ1) is 8.88. The molecule has 1 aliphatic rings. The first-order valence-corrected chi connectivity index (χ1v) is 6.38. The summed E-state index contributed by atoms with van der Waals surface area (Å²) in [5.41, 5.74) is 0.788. The summed E-state index contributed by atoms with van der Waals surface area (Å²) in [5.74, 6) is -0.979. The molecule has 3 N–H and O–H groups in total. The number of phenolic OH excluding ortho intramolecular Hbond substituents is 2. The summed E-state index contributed by atoms with van der Waals surface area (Å²) in [6.07, 6.45) is 0. The van der Waals surface area contributed by atoms with Gasteiger partial charge >= 0.3 is 5.97 Å². The number of carboxylic acid groups (broad SMARTS) is 1. The van der Waals surface area contributed by atoms with Crippen LogP contribution in [-0.4, -0.2) is 39.3 Å². The Hall–Kier alpha value is -1.75. The first kappa shape index (κ1) is 13.7. The van der Waals surface area contributed by atoms with Gasteiger partial charge in [-0.25, -0.2) is 0 Å². The van der Waals surface area contributed by atoms with E-state index in [1.807, 2.05) is 13.8 Å². The van der Waals surface area contributed by atoms with Crippen LogP contribution in [0.25, 0.3) is 0 Å². The van der Waals surface area contributed by atoms with Crippen molar-refractivity contribution >= 4 is 5.97 Å². The molecule has 1 aromatic carbocycles. The van der Waals surface area contributed by atoms with Crippen molar-refractivity contribution in [2.24, 2.45) is 11.8 Å². The van der Waals surface area contributed by atoms with Crippen LogP contribution in [0, 0.1) is 11.8 Å². The van der Waals surface area contributed by atoms with E-state index in [1.165, 1.54) is 6.07 Å². The maximum Gasteiger partial charge on any atom is 0.308 e. The van der Waals surface area contributed by atoms with E-state index in [2.05, 4.69) is 4.90 Å². The molecule has 1 heterocycles. The molecule has 1 saturated heterocycles. The molecule has 104 valence electrons. The summed E-state index contributed by atoms with van der Waals surface area (Å²) in [6, 6.07) is 4.44. The third kappa shape index (κ3) is 2.81. The Balaban J connectivity index is 2.16. The number of carboxylic acids is 1. The van der Waals surface area contributed by atoms with Crippen LogP contribution in [0.15, 0.2) is 18.2 Å². The predicted octanol–water partition coefficient (Wildman–Crippen LogP) is 1.81. The summed E-state index contributed by atoms with van der Waals surface area (Å²) in [5, 5.41) is 28.1. The molecule has 3 atom stereocenters. The Bertz CT molecular complexity index is 468. The minimum atomic E-state index is -0.763. The third-order valence-electron chi connectivity index (χ3n) is 3.91. The lowest BCUT2D eigenvalue weighted by atomic mass is 9.99. The van der Waals surface area contributed by atoms with E-state index in [-0.39, 0.29) is 29.4 Å². The monoisotopic (exact) mass is 265 g/mol. The van der Waals surface area contributed by atoms with Crippen LogP contribution < -0.4 is 0 Å². The van der Waals surface area contributed by atoms with Crippen molar-refractivity contribution in [3.05, 3.63) is 23.8 Å². The summed E-state index contributed by atoms with van der Waals surface area (Å²) in [6.45, 7) is 5.08. The summed E-state index contributed by atoms with van der Waals surface area (Å²) < 4.78 is 0. The Kier molecular flexibility index (Phi) is 3.66. The lowest BCUT2D eigenvalue weighted by molar-refractivity contribution is -0.142. The molecule has 1 aliphatic heterocycles. The molecular formula is C14H19NO4. The fourth-order valence-corrected chi connectivity index (χ4v) is 2.71. The van der Waals surface area contributed by atoms with Crippen molar-refractivity contribution in [2.45, 2.75) is 19.9 Å². The van der Waals surface area contributed by atoms with E-state index in [0.717, 1.165) is 5.56 Å². The van der Waals surface area contributed by atoms with Crippen LogP contribution in [-0.2, 0) is 4.79 Å². The lowest BCUT2D eigenvalue weighted by Crippen LogP contribution is -2.26. The minimum absolute atomic E-state index is 0.0175. The average Bonchev–Trinajstić information content (AvgIpc) is 2.69. The number of phenols is 2. The van der Waals surface area contributed by atoms with Gasteiger partial charge < -0.3 is 15.3 Å². The highest BCUT2D eigenvalue weighted by Crippen LogP contribution is 2.33. The maximum atomic E-state index is 11.1. The van der Waals surface area contributed by atoms with E-state index in [9.17, 15) is 15.0 Å². The highest BCUT2D eigenvalue weighted by molar-refractivity contribution is 5.71. The number of hydrogen-bond acceptors (Lipinski definition) is 4. The number of aromatic hydroxyl groups is 2. The molecule has 0 radical (unpaired) electrons. The van der Waals surface area contributed by atoms with Crippen molar-refractivity contribution in [3.8, 4) is 11.5 Å². The molecule has 1 fully saturated rings. The summed E-state index contributed by atoms with van der Waals surface area (Å²) in [4.78, 5) is 13.2. The van der Waals surface area contributed by atoms with Crippen LogP contribution in [0.1, 0.15) is 25.5 Å². The molecule has 0 aromatic heterocycles. The molecule has 0 amide bonds. The van der Waals surface area contributed by atoms with E-state index < -0.39 is 5.97 Å². The van der Waals surface area contributed by atoms with Gasteiger partial charge in [0, 0.05) is 25.2 Å². The smallest absolute Gasteiger partial charge is 0.308 e. The normalized spacial score (nSPS) is 25.4. The van der Waals surface area contributed by atoms with E-state index in [1.54, 1.807) is 12.1 Å². The SMILES string of the molecule is CC1CN(C(C)c2cc(O)cc(O)c2)CC1C(=O)O. The van der Waals surface area contributed by atoms with Gasteiger partial charge in [0.15, 0.2) is 0 Å². The number of rotatable bonds is 3. The number of benzene rings is 1. The molecule has 19 heavy (non-hydrogen) atoms. The maximum absolute atomic E-state index is 11.1. The molecule has 5 heteroatoms. The molecule has 3 unspecified atom stereocenters. The molecule has 0 saturated carbocycles. The Morgan fingerprint density at radius 1 is 1.26 bits per heavy atom. The number of carbonyl (C=O) groups is 1. The molecule has 5 nitrogen and oxygen atoms in total. The predicted molar refractivity (Wildman–Crippen MR) is 70.0 cm³/mol. The fraction of sp³-hybridized carbons (Fsp3) is 0.500. The zero-order valence-corrected chi connectivity index (χ0v) is 11.1. The van der Waals surface area contributed by atoms with Crippen LogP contribution in [0.2, 0.25) is 0 Å². The molecule has 0 spiro atoms. The van der Waals surface area contributed by atoms with Crippen molar-refractivity contribution in [1.29, 1.82) is 0 Å². The molecular weight excluding hydrogens is 246 g/mol. The second kappa shape index (κ2) is 5.09. The van der Waals surface area contributed by atoms with Gasteiger partial charge in [0.25, 0.3) is 0 Å². The van der Waals surface area contributed by atoms with Gasteiger partial charge in [0.1, 0.15) is 11.5 Å². The van der Waals surface area contributed by atoms with Gasteiger partial charge in [0.2, 0.25) is 0 Å². The van der Waals surface area contributed by atoms with Crippen LogP contribution in [0.5, 0.6) is 11.5 Å². The quantitative estimate of drug-likeness (QED) is 0.776. The first-order valence-electron chi connectivity index (χ1n) is 6.38. The fourth-order valence-electron chi connectivity index (χ4n) is 2.71. The molecule has 1 aromatic rings. The lowest BCUT2D eigenvalue weighted by Gasteiger charge is -2.24. The van der Waals surface area contributed by atoms with Crippen LogP contribution >= 0.6 is 0 Å². The van der Waals surface area contributed by atoms with Crippen LogP contribution in [0.3, 0.4) is 0 Å². The molecule has 0 aliphatic carbocycles. The topological polar surface area (TPSA) is 81.0 Å². The molecule has 0 bridgehead atoms. The van der Waals surface area contributed by atoms with Gasteiger partial charge in [-0.15, -0.1) is 0 Å². The Labute approximate surface area is 112 Å². The third-order valence-corrected chi connectivity index (χ3v) is 3.91. The van der Waals surface area contributed by atoms with Crippen molar-refractivity contribution in [2.75, 3.05) is 13.1 Å². The number of aliphatic carboxylic acids is 1. The molecule has 2 rings (SSSR count). The van der Waals surface area contributed by atoms with Crippen molar-refractivity contribution in [3.63, 3.8) is 0 Å². The Morgan fingerprint density at radius 2 is 1.84 bits per heavy atom. The summed E-state index contributed by atoms with van der Waals surface area (Å²) in [7, 11) is 0. The number of hydrogen-bond donors (Lipinski definition) is 3. The van der Waals surface area contributed by atoms with E-state index >= 15 is 0 Å². The highest BCUT2D eigenvalue weighted by atomic mass is 16.4. The van der Waals surface area contributed by atoms with Gasteiger partial charge in [-0.2, -0.15) is 0 Å². The second-order valence-corrected chi connectivity index (χ2v) is 5.33.